The standard InChI is InChI=1S/C13H13N5S/c1-19-13(16-9-14)17-12-5-3-2-4-11(12)8-18-7-6-15-10-18/h2-7,10H,8H2,1H3,(H,16,17). The van der Waals surface area contributed by atoms with Gasteiger partial charge in [-0.15, -0.1) is 0 Å². The molecule has 0 aliphatic carbocycles. The van der Waals surface area contributed by atoms with Crippen LogP contribution in [0.4, 0.5) is 5.69 Å². The normalized spacial score (nSPS) is 11.1. The van der Waals surface area contributed by atoms with Crippen LogP contribution in [-0.2, 0) is 6.54 Å². The van der Waals surface area contributed by atoms with Crippen molar-refractivity contribution >= 4 is 22.6 Å². The van der Waals surface area contributed by atoms with Gasteiger partial charge in [0, 0.05) is 12.4 Å². The molecule has 2 aromatic rings. The van der Waals surface area contributed by atoms with Gasteiger partial charge in [-0.05, 0) is 17.9 Å². The number of para-hydroxylation sites is 1. The summed E-state index contributed by atoms with van der Waals surface area (Å²) in [5.74, 6) is 0. The first-order valence-corrected chi connectivity index (χ1v) is 6.87. The molecule has 6 heteroatoms. The van der Waals surface area contributed by atoms with Crippen LogP contribution in [0.2, 0.25) is 0 Å². The third kappa shape index (κ3) is 3.60. The molecule has 0 aliphatic rings. The van der Waals surface area contributed by atoms with Crippen LogP contribution >= 0.6 is 11.8 Å². The van der Waals surface area contributed by atoms with Crippen molar-refractivity contribution < 1.29 is 0 Å². The molecular weight excluding hydrogens is 258 g/mol. The van der Waals surface area contributed by atoms with Gasteiger partial charge >= 0.3 is 0 Å². The summed E-state index contributed by atoms with van der Waals surface area (Å²) < 4.78 is 1.98. The van der Waals surface area contributed by atoms with Crippen molar-refractivity contribution in [3.8, 4) is 6.19 Å². The number of hydrogen-bond donors (Lipinski definition) is 1. The SMILES string of the molecule is CSC(=Nc1ccccc1Cn1ccnc1)NC#N. The Morgan fingerprint density at radius 1 is 1.53 bits per heavy atom. The molecule has 1 aromatic carbocycles. The van der Waals surface area contributed by atoms with Crippen LogP contribution in [0.15, 0.2) is 48.0 Å². The predicted molar refractivity (Wildman–Crippen MR) is 77.1 cm³/mol. The number of nitrogens with zero attached hydrogens (tertiary/aromatic N) is 4. The van der Waals surface area contributed by atoms with Crippen LogP contribution < -0.4 is 5.32 Å². The number of nitriles is 1. The molecule has 5 nitrogen and oxygen atoms in total. The quantitative estimate of drug-likeness (QED) is 0.403. The van der Waals surface area contributed by atoms with Gasteiger partial charge < -0.3 is 4.57 Å². The molecule has 0 spiro atoms. The molecule has 1 N–H and O–H groups in total. The minimum atomic E-state index is 0.584. The van der Waals surface area contributed by atoms with E-state index in [-0.39, 0.29) is 0 Å². The minimum absolute atomic E-state index is 0.584. The first-order chi connectivity index (χ1) is 9.33. The fourth-order valence-electron chi connectivity index (χ4n) is 1.61. The van der Waals surface area contributed by atoms with E-state index >= 15 is 0 Å². The second kappa shape index (κ2) is 6.61. The molecular formula is C13H13N5S. The lowest BCUT2D eigenvalue weighted by Gasteiger charge is -2.07. The van der Waals surface area contributed by atoms with Gasteiger partial charge in [0.1, 0.15) is 0 Å². The van der Waals surface area contributed by atoms with Gasteiger partial charge in [0.15, 0.2) is 11.4 Å². The van der Waals surface area contributed by atoms with E-state index in [9.17, 15) is 0 Å². The van der Waals surface area contributed by atoms with Gasteiger partial charge in [0.05, 0.1) is 18.6 Å². The molecule has 1 heterocycles. The third-order valence-electron chi connectivity index (χ3n) is 2.48. The van der Waals surface area contributed by atoms with Crippen molar-refractivity contribution in [3.05, 3.63) is 48.5 Å². The zero-order valence-electron chi connectivity index (χ0n) is 10.4. The van der Waals surface area contributed by atoms with Crippen LogP contribution in [0, 0.1) is 11.5 Å². The average molecular weight is 271 g/mol. The highest BCUT2D eigenvalue weighted by Crippen LogP contribution is 2.21. The summed E-state index contributed by atoms with van der Waals surface area (Å²) in [7, 11) is 0. The van der Waals surface area contributed by atoms with Crippen molar-refractivity contribution in [2.45, 2.75) is 6.54 Å². The Hall–Kier alpha value is -2.26. The molecule has 0 bridgehead atoms. The van der Waals surface area contributed by atoms with Crippen molar-refractivity contribution in [1.82, 2.24) is 14.9 Å². The summed E-state index contributed by atoms with van der Waals surface area (Å²) in [6, 6.07) is 7.85. The maximum absolute atomic E-state index is 8.65. The maximum atomic E-state index is 8.65. The van der Waals surface area contributed by atoms with E-state index in [4.69, 9.17) is 5.26 Å². The van der Waals surface area contributed by atoms with E-state index < -0.39 is 0 Å². The molecule has 19 heavy (non-hydrogen) atoms. The highest BCUT2D eigenvalue weighted by molar-refractivity contribution is 8.13. The van der Waals surface area contributed by atoms with E-state index in [1.54, 1.807) is 12.5 Å². The zero-order valence-corrected chi connectivity index (χ0v) is 11.3. The summed E-state index contributed by atoms with van der Waals surface area (Å²) in [4.78, 5) is 8.48. The second-order valence-corrected chi connectivity index (χ2v) is 4.52. The van der Waals surface area contributed by atoms with Gasteiger partial charge in [-0.1, -0.05) is 30.0 Å². The molecule has 0 saturated heterocycles. The smallest absolute Gasteiger partial charge is 0.183 e. The molecule has 96 valence electrons. The maximum Gasteiger partial charge on any atom is 0.183 e. The fourth-order valence-corrected chi connectivity index (χ4v) is 1.95. The number of nitrogens with one attached hydrogen (secondary N) is 1. The number of aliphatic imine (C=N–C) groups is 1. The highest BCUT2D eigenvalue weighted by Gasteiger charge is 2.03. The molecule has 0 aliphatic heterocycles. The van der Waals surface area contributed by atoms with Crippen molar-refractivity contribution in [2.75, 3.05) is 6.26 Å². The Morgan fingerprint density at radius 2 is 2.37 bits per heavy atom. The summed E-state index contributed by atoms with van der Waals surface area (Å²) in [5.41, 5.74) is 1.93. The molecule has 0 atom stereocenters. The van der Waals surface area contributed by atoms with E-state index in [0.29, 0.717) is 11.7 Å². The van der Waals surface area contributed by atoms with E-state index in [1.807, 2.05) is 47.5 Å². The first-order valence-electron chi connectivity index (χ1n) is 5.65. The lowest BCUT2D eigenvalue weighted by molar-refractivity contribution is 0.798. The summed E-state index contributed by atoms with van der Waals surface area (Å²) in [5, 5.41) is 11.8. The minimum Gasteiger partial charge on any atom is -0.333 e. The summed E-state index contributed by atoms with van der Waals surface area (Å²) in [6.07, 6.45) is 9.18. The summed E-state index contributed by atoms with van der Waals surface area (Å²) in [6.45, 7) is 0.702. The van der Waals surface area contributed by atoms with Crippen LogP contribution in [0.3, 0.4) is 0 Å². The van der Waals surface area contributed by atoms with Crippen LogP contribution in [-0.4, -0.2) is 21.0 Å². The Balaban J connectivity index is 2.28. The van der Waals surface area contributed by atoms with Crippen molar-refractivity contribution in [1.29, 1.82) is 5.26 Å². The number of hydrogen-bond acceptors (Lipinski definition) is 4. The molecule has 0 radical (unpaired) electrons. The largest absolute Gasteiger partial charge is 0.333 e. The van der Waals surface area contributed by atoms with Gasteiger partial charge in [0.2, 0.25) is 0 Å². The molecule has 0 fully saturated rings. The Kier molecular flexibility index (Phi) is 4.59. The average Bonchev–Trinajstić information content (AvgIpc) is 2.93. The molecule has 0 amide bonds. The van der Waals surface area contributed by atoms with E-state index in [2.05, 4.69) is 15.3 Å². The topological polar surface area (TPSA) is 66.0 Å². The van der Waals surface area contributed by atoms with E-state index in [1.165, 1.54) is 11.8 Å². The molecule has 2 rings (SSSR count). The monoisotopic (exact) mass is 271 g/mol. The van der Waals surface area contributed by atoms with Gasteiger partial charge in [0.25, 0.3) is 0 Å². The first kappa shape index (κ1) is 13.2. The number of rotatable bonds is 3. The lowest BCUT2D eigenvalue weighted by Crippen LogP contribution is -2.12. The van der Waals surface area contributed by atoms with E-state index in [0.717, 1.165) is 11.3 Å². The number of amidine groups is 1. The number of benzene rings is 1. The fraction of sp³-hybridized carbons (Fsp3) is 0.154. The van der Waals surface area contributed by atoms with Crippen molar-refractivity contribution in [3.63, 3.8) is 0 Å². The van der Waals surface area contributed by atoms with Gasteiger partial charge in [-0.25, -0.2) is 9.98 Å². The Labute approximate surface area is 116 Å². The number of aromatic nitrogens is 2. The van der Waals surface area contributed by atoms with Gasteiger partial charge in [-0.3, -0.25) is 5.32 Å². The predicted octanol–water partition coefficient (Wildman–Crippen LogP) is 2.35. The van der Waals surface area contributed by atoms with Crippen LogP contribution in [0.25, 0.3) is 0 Å². The van der Waals surface area contributed by atoms with Crippen LogP contribution in [0.1, 0.15) is 5.56 Å². The second-order valence-electron chi connectivity index (χ2n) is 3.72. The summed E-state index contributed by atoms with van der Waals surface area (Å²) >= 11 is 1.40. The zero-order chi connectivity index (χ0) is 13.5. The third-order valence-corrected chi connectivity index (χ3v) is 3.06. The molecule has 0 unspecified atom stereocenters. The Bertz CT molecular complexity index is 598. The van der Waals surface area contributed by atoms with Crippen LogP contribution in [0.5, 0.6) is 0 Å². The highest BCUT2D eigenvalue weighted by atomic mass is 32.2. The van der Waals surface area contributed by atoms with Gasteiger partial charge in [-0.2, -0.15) is 5.26 Å². The Morgan fingerprint density at radius 3 is 3.05 bits per heavy atom. The lowest BCUT2D eigenvalue weighted by atomic mass is 10.2. The number of thioether (sulfide) groups is 1. The molecule has 0 saturated carbocycles. The number of imidazole rings is 1. The van der Waals surface area contributed by atoms with Crippen molar-refractivity contribution in [2.24, 2.45) is 4.99 Å². The molecule has 1 aromatic heterocycles.